The topological polar surface area (TPSA) is 163 Å². The summed E-state index contributed by atoms with van der Waals surface area (Å²) in [5.41, 5.74) is 1.40. The third-order valence-electron chi connectivity index (χ3n) is 5.33. The molecule has 2 N–H and O–H groups in total. The molecule has 33 heavy (non-hydrogen) atoms. The fraction of sp³-hybridized carbons (Fsp3) is 0.150. The molecule has 1 atom stereocenters. The van der Waals surface area contributed by atoms with Gasteiger partial charge in [-0.2, -0.15) is 9.78 Å². The number of H-pyrrole nitrogens is 1. The maximum Gasteiger partial charge on any atom is 0.288 e. The summed E-state index contributed by atoms with van der Waals surface area (Å²) in [4.78, 5) is 23.6. The van der Waals surface area contributed by atoms with Crippen LogP contribution in [0.5, 0.6) is 11.5 Å². The lowest BCUT2D eigenvalue weighted by Gasteiger charge is -2.28. The number of hydrogen-bond donors (Lipinski definition) is 2. The highest BCUT2D eigenvalue weighted by Crippen LogP contribution is 2.44. The first-order chi connectivity index (χ1) is 16.0. The van der Waals surface area contributed by atoms with Crippen LogP contribution in [-0.2, 0) is 0 Å². The fourth-order valence-corrected chi connectivity index (χ4v) is 3.86. The molecule has 166 valence electrons. The molecule has 3 heterocycles. The average molecular weight is 448 g/mol. The monoisotopic (exact) mass is 448 g/mol. The molecule has 0 saturated carbocycles. The van der Waals surface area contributed by atoms with E-state index in [1.165, 1.54) is 31.0 Å². The third-order valence-corrected chi connectivity index (χ3v) is 5.33. The summed E-state index contributed by atoms with van der Waals surface area (Å²) in [7, 11) is 3.05. The third kappa shape index (κ3) is 3.22. The Hall–Kier alpha value is -4.81. The van der Waals surface area contributed by atoms with Gasteiger partial charge in [-0.1, -0.05) is 17.2 Å². The maximum atomic E-state index is 12.8. The molecule has 0 radical (unpaired) electrons. The maximum absolute atomic E-state index is 12.8. The number of benzene rings is 2. The number of fused-ring (bicyclic) bond motifs is 2. The minimum absolute atomic E-state index is 0.111. The molecule has 2 aromatic heterocycles. The van der Waals surface area contributed by atoms with Crippen LogP contribution in [0.25, 0.3) is 11.3 Å². The van der Waals surface area contributed by atoms with Crippen molar-refractivity contribution in [3.05, 3.63) is 74.1 Å². The van der Waals surface area contributed by atoms with Gasteiger partial charge in [0, 0.05) is 34.9 Å². The Bertz CT molecular complexity index is 1450. The molecule has 0 bridgehead atoms. The van der Waals surface area contributed by atoms with Crippen molar-refractivity contribution < 1.29 is 14.4 Å². The highest BCUT2D eigenvalue weighted by atomic mass is 16.6. The Morgan fingerprint density at radius 2 is 2.00 bits per heavy atom. The standard InChI is InChI=1S/C20H16N8O5/c1-32-12-6-7-13(14(9-12)33-2)18-15-16(10-4-3-5-11(8-10)28(30)31)22-23-19(29)17(15)21-20-24-25-26-27(18)20/h3-9,18H,1-2H3,(H,23,29)(H,21,24,26). The summed E-state index contributed by atoms with van der Waals surface area (Å²) >= 11 is 0. The number of anilines is 2. The van der Waals surface area contributed by atoms with Crippen molar-refractivity contribution in [3.8, 4) is 22.8 Å². The van der Waals surface area contributed by atoms with Crippen LogP contribution >= 0.6 is 0 Å². The molecule has 1 aliphatic rings. The minimum Gasteiger partial charge on any atom is -0.497 e. The van der Waals surface area contributed by atoms with Crippen molar-refractivity contribution >= 4 is 17.3 Å². The molecule has 0 saturated heterocycles. The van der Waals surface area contributed by atoms with Gasteiger partial charge in [-0.3, -0.25) is 14.9 Å². The van der Waals surface area contributed by atoms with E-state index >= 15 is 0 Å². The molecule has 13 nitrogen and oxygen atoms in total. The van der Waals surface area contributed by atoms with Gasteiger partial charge in [0.15, 0.2) is 0 Å². The second-order valence-electron chi connectivity index (χ2n) is 7.08. The van der Waals surface area contributed by atoms with Crippen molar-refractivity contribution in [1.82, 2.24) is 30.4 Å². The number of nitro groups is 1. The molecule has 0 amide bonds. The van der Waals surface area contributed by atoms with E-state index in [0.717, 1.165) is 0 Å². The first-order valence-corrected chi connectivity index (χ1v) is 9.66. The zero-order valence-electron chi connectivity index (χ0n) is 17.3. The van der Waals surface area contributed by atoms with Gasteiger partial charge in [0.25, 0.3) is 11.2 Å². The van der Waals surface area contributed by atoms with Crippen molar-refractivity contribution in [1.29, 1.82) is 0 Å². The van der Waals surface area contributed by atoms with E-state index in [0.29, 0.717) is 33.9 Å². The van der Waals surface area contributed by atoms with Crippen LogP contribution in [0.1, 0.15) is 17.2 Å². The summed E-state index contributed by atoms with van der Waals surface area (Å²) < 4.78 is 12.4. The molecule has 2 aromatic carbocycles. The SMILES string of the molecule is COc1ccc(C2c3c(-c4cccc([N+](=O)[O-])c4)n[nH]c(=O)c3Nc3nnnn32)c(OC)c1. The van der Waals surface area contributed by atoms with E-state index < -0.39 is 16.5 Å². The number of methoxy groups -OCH3 is 2. The number of ether oxygens (including phenoxy) is 2. The molecule has 0 aliphatic carbocycles. The van der Waals surface area contributed by atoms with Gasteiger partial charge in [0.05, 0.1) is 24.8 Å². The minimum atomic E-state index is -0.726. The molecule has 13 heteroatoms. The van der Waals surface area contributed by atoms with Crippen LogP contribution in [0, 0.1) is 10.1 Å². The number of nitro benzene ring substituents is 1. The lowest BCUT2D eigenvalue weighted by Crippen LogP contribution is -2.29. The van der Waals surface area contributed by atoms with E-state index in [4.69, 9.17) is 9.47 Å². The summed E-state index contributed by atoms with van der Waals surface area (Å²) in [6, 6.07) is 10.5. The van der Waals surface area contributed by atoms with Crippen LogP contribution in [0.4, 0.5) is 17.3 Å². The molecule has 1 aliphatic heterocycles. The first-order valence-electron chi connectivity index (χ1n) is 9.66. The molecule has 1 unspecified atom stereocenters. The highest BCUT2D eigenvalue weighted by Gasteiger charge is 2.36. The van der Waals surface area contributed by atoms with Crippen LogP contribution in [-0.4, -0.2) is 49.5 Å². The van der Waals surface area contributed by atoms with Crippen molar-refractivity contribution in [3.63, 3.8) is 0 Å². The molecule has 0 fully saturated rings. The number of nitrogens with one attached hydrogen (secondary N) is 2. The van der Waals surface area contributed by atoms with Crippen molar-refractivity contribution in [2.24, 2.45) is 0 Å². The number of non-ortho nitro benzene ring substituents is 1. The normalized spacial score (nSPS) is 14.1. The second kappa shape index (κ2) is 7.71. The van der Waals surface area contributed by atoms with E-state index in [1.807, 2.05) is 0 Å². The van der Waals surface area contributed by atoms with Gasteiger partial charge in [0.1, 0.15) is 23.2 Å². The van der Waals surface area contributed by atoms with Crippen LogP contribution < -0.4 is 20.3 Å². The number of aromatic nitrogens is 6. The molecular formula is C20H16N8O5. The van der Waals surface area contributed by atoms with Crippen molar-refractivity contribution in [2.75, 3.05) is 19.5 Å². The van der Waals surface area contributed by atoms with E-state index in [2.05, 4.69) is 31.0 Å². The predicted molar refractivity (Wildman–Crippen MR) is 115 cm³/mol. The van der Waals surface area contributed by atoms with Gasteiger partial charge < -0.3 is 14.8 Å². The molecule has 4 aromatic rings. The molecule has 5 rings (SSSR count). The van der Waals surface area contributed by atoms with Crippen LogP contribution in [0.15, 0.2) is 47.3 Å². The van der Waals surface area contributed by atoms with Gasteiger partial charge in [-0.15, -0.1) is 0 Å². The lowest BCUT2D eigenvalue weighted by atomic mass is 9.91. The van der Waals surface area contributed by atoms with Crippen molar-refractivity contribution in [2.45, 2.75) is 6.04 Å². The summed E-state index contributed by atoms with van der Waals surface area (Å²) in [5.74, 6) is 1.29. The number of hydrogen-bond acceptors (Lipinski definition) is 10. The van der Waals surface area contributed by atoms with Gasteiger partial charge in [0.2, 0.25) is 5.95 Å². The lowest BCUT2D eigenvalue weighted by molar-refractivity contribution is -0.384. The fourth-order valence-electron chi connectivity index (χ4n) is 3.86. The number of nitrogens with zero attached hydrogens (tertiary/aromatic N) is 6. The predicted octanol–water partition coefficient (Wildman–Crippen LogP) is 2.04. The quantitative estimate of drug-likeness (QED) is 0.300. The summed E-state index contributed by atoms with van der Waals surface area (Å²) in [6.07, 6.45) is 0. The largest absolute Gasteiger partial charge is 0.497 e. The van der Waals surface area contributed by atoms with Crippen LogP contribution in [0.2, 0.25) is 0 Å². The average Bonchev–Trinajstić information content (AvgIpc) is 3.31. The molecular weight excluding hydrogens is 432 g/mol. The Balaban J connectivity index is 1.82. The smallest absolute Gasteiger partial charge is 0.288 e. The van der Waals surface area contributed by atoms with Gasteiger partial charge in [-0.05, 0) is 22.6 Å². The Morgan fingerprint density at radius 3 is 2.76 bits per heavy atom. The van der Waals surface area contributed by atoms with Gasteiger partial charge in [-0.25, -0.2) is 5.10 Å². The molecule has 0 spiro atoms. The van der Waals surface area contributed by atoms with Crippen LogP contribution in [0.3, 0.4) is 0 Å². The summed E-state index contributed by atoms with van der Waals surface area (Å²) in [6.45, 7) is 0. The number of tetrazole rings is 1. The number of aromatic amines is 1. The zero-order chi connectivity index (χ0) is 23.1. The zero-order valence-corrected chi connectivity index (χ0v) is 17.3. The Kier molecular flexibility index (Phi) is 4.70. The summed E-state index contributed by atoms with van der Waals surface area (Å²) in [5, 5.41) is 32.8. The number of rotatable bonds is 5. The van der Waals surface area contributed by atoms with E-state index in [9.17, 15) is 14.9 Å². The Morgan fingerprint density at radius 1 is 1.15 bits per heavy atom. The first kappa shape index (κ1) is 20.1. The Labute approximate surface area is 185 Å². The highest BCUT2D eigenvalue weighted by molar-refractivity contribution is 5.76. The van der Waals surface area contributed by atoms with E-state index in [-0.39, 0.29) is 17.3 Å². The van der Waals surface area contributed by atoms with Gasteiger partial charge >= 0.3 is 0 Å². The van der Waals surface area contributed by atoms with E-state index in [1.54, 1.807) is 30.3 Å². The second-order valence-corrected chi connectivity index (χ2v) is 7.08.